The van der Waals surface area contributed by atoms with Crippen LogP contribution in [0.25, 0.3) is 0 Å². The van der Waals surface area contributed by atoms with Gasteiger partial charge in [-0.1, -0.05) is 32.9 Å². The van der Waals surface area contributed by atoms with E-state index in [4.69, 9.17) is 0 Å². The van der Waals surface area contributed by atoms with Crippen LogP contribution in [0.4, 0.5) is 10.5 Å². The molecule has 2 saturated heterocycles. The number of nitrogens with one attached hydrogen (secondary N) is 3. The molecule has 0 saturated carbocycles. The number of piperidine rings is 2. The fraction of sp³-hybridized carbons (Fsp3) is 0.667. The van der Waals surface area contributed by atoms with E-state index in [0.29, 0.717) is 12.0 Å². The number of hydrogen-bond acceptors (Lipinski definition) is 1. The Morgan fingerprint density at radius 1 is 1.16 bits per heavy atom. The monoisotopic (exact) mass is 344 g/mol. The molecule has 0 aromatic heterocycles. The van der Waals surface area contributed by atoms with Gasteiger partial charge in [-0.15, -0.1) is 0 Å². The highest BCUT2D eigenvalue weighted by atomic mass is 16.2. The molecule has 0 radical (unpaired) electrons. The van der Waals surface area contributed by atoms with Gasteiger partial charge in [0.05, 0.1) is 18.6 Å². The lowest BCUT2D eigenvalue weighted by Crippen LogP contribution is -3.21. The predicted octanol–water partition coefficient (Wildman–Crippen LogP) is 3.31. The second-order valence-electron chi connectivity index (χ2n) is 8.19. The van der Waals surface area contributed by atoms with Gasteiger partial charge in [-0.2, -0.15) is 0 Å². The number of amides is 2. The van der Waals surface area contributed by atoms with Crippen molar-refractivity contribution in [3.8, 4) is 0 Å². The number of fused-ring (bicyclic) bond motifs is 2. The van der Waals surface area contributed by atoms with Crippen LogP contribution in [0.15, 0.2) is 24.3 Å². The van der Waals surface area contributed by atoms with E-state index in [0.717, 1.165) is 30.6 Å². The Kier molecular flexibility index (Phi) is 6.00. The highest BCUT2D eigenvalue weighted by Gasteiger charge is 2.41. The highest BCUT2D eigenvalue weighted by Crippen LogP contribution is 2.22. The topological polar surface area (TPSA) is 45.6 Å². The normalized spacial score (nSPS) is 28.6. The highest BCUT2D eigenvalue weighted by molar-refractivity contribution is 5.89. The van der Waals surface area contributed by atoms with Gasteiger partial charge in [-0.05, 0) is 49.3 Å². The Balaban J connectivity index is 1.53. The molecule has 4 nitrogen and oxygen atoms in total. The summed E-state index contributed by atoms with van der Waals surface area (Å²) < 4.78 is 0. The first-order chi connectivity index (χ1) is 12.1. The van der Waals surface area contributed by atoms with E-state index >= 15 is 0 Å². The molecule has 2 amide bonds. The van der Waals surface area contributed by atoms with Gasteiger partial charge in [0.15, 0.2) is 0 Å². The molecule has 1 aromatic carbocycles. The Hall–Kier alpha value is -1.55. The summed E-state index contributed by atoms with van der Waals surface area (Å²) in [5, 5.41) is 6.23. The Bertz CT molecular complexity index is 555. The zero-order valence-electron chi connectivity index (χ0n) is 16.0. The van der Waals surface area contributed by atoms with Crippen LogP contribution in [0, 0.1) is 0 Å². The summed E-state index contributed by atoms with van der Waals surface area (Å²) in [7, 11) is 0. The minimum atomic E-state index is -0.0562. The number of carbonyl (C=O) groups excluding carboxylic acids is 1. The first-order valence-electron chi connectivity index (χ1n) is 10.1. The molecular formula is C21H34N3O+. The smallest absolute Gasteiger partial charge is 0.319 e. The van der Waals surface area contributed by atoms with Crippen LogP contribution in [0.3, 0.4) is 0 Å². The molecule has 2 bridgehead atoms. The molecule has 25 heavy (non-hydrogen) atoms. The third-order valence-electron chi connectivity index (χ3n) is 6.00. The van der Waals surface area contributed by atoms with Crippen molar-refractivity contribution in [2.45, 2.75) is 83.3 Å². The third-order valence-corrected chi connectivity index (χ3v) is 6.00. The largest absolute Gasteiger partial charge is 0.335 e. The summed E-state index contributed by atoms with van der Waals surface area (Å²) in [6.07, 6.45) is 7.53. The second kappa shape index (κ2) is 8.22. The van der Waals surface area contributed by atoms with Crippen molar-refractivity contribution >= 4 is 11.7 Å². The quantitative estimate of drug-likeness (QED) is 0.754. The summed E-state index contributed by atoms with van der Waals surface area (Å²) in [5.41, 5.74) is 2.17. The number of urea groups is 1. The number of rotatable bonds is 5. The molecule has 4 heteroatoms. The zero-order chi connectivity index (χ0) is 17.8. The minimum Gasteiger partial charge on any atom is -0.335 e. The average Bonchev–Trinajstić information content (AvgIpc) is 2.56. The number of anilines is 1. The fourth-order valence-electron chi connectivity index (χ4n) is 4.76. The predicted molar refractivity (Wildman–Crippen MR) is 103 cm³/mol. The minimum absolute atomic E-state index is 0.0562. The van der Waals surface area contributed by atoms with E-state index in [1.165, 1.54) is 37.8 Å². The molecule has 2 fully saturated rings. The fourth-order valence-corrected chi connectivity index (χ4v) is 4.76. The van der Waals surface area contributed by atoms with Crippen LogP contribution < -0.4 is 15.5 Å². The van der Waals surface area contributed by atoms with Gasteiger partial charge in [-0.25, -0.2) is 4.79 Å². The Morgan fingerprint density at radius 2 is 1.80 bits per heavy atom. The maximum absolute atomic E-state index is 12.4. The molecule has 3 rings (SSSR count). The summed E-state index contributed by atoms with van der Waals surface area (Å²) in [6, 6.07) is 9.93. The van der Waals surface area contributed by atoms with Gasteiger partial charge >= 0.3 is 6.03 Å². The van der Waals surface area contributed by atoms with Crippen LogP contribution in [-0.2, 0) is 0 Å². The van der Waals surface area contributed by atoms with E-state index in [2.05, 4.69) is 43.5 Å². The molecule has 138 valence electrons. The molecule has 2 unspecified atom stereocenters. The van der Waals surface area contributed by atoms with Crippen molar-refractivity contribution < 1.29 is 9.69 Å². The number of hydrogen-bond donors (Lipinski definition) is 3. The van der Waals surface area contributed by atoms with Crippen LogP contribution in [0.5, 0.6) is 0 Å². The van der Waals surface area contributed by atoms with E-state index in [-0.39, 0.29) is 6.03 Å². The SMILES string of the molecule is CCC[NH+]1[C@@H]2CCC[C@H]1CC(NC(=O)Nc1ccc(C(C)C)cc1)C2. The van der Waals surface area contributed by atoms with E-state index in [1.807, 2.05) is 12.1 Å². The Morgan fingerprint density at radius 3 is 2.36 bits per heavy atom. The summed E-state index contributed by atoms with van der Waals surface area (Å²) in [4.78, 5) is 14.2. The number of carbonyl (C=O) groups is 1. The van der Waals surface area contributed by atoms with Crippen molar-refractivity contribution in [3.05, 3.63) is 29.8 Å². The maximum Gasteiger partial charge on any atom is 0.319 e. The van der Waals surface area contributed by atoms with Crippen molar-refractivity contribution in [1.29, 1.82) is 0 Å². The van der Waals surface area contributed by atoms with Crippen LogP contribution in [-0.4, -0.2) is 30.7 Å². The summed E-state index contributed by atoms with van der Waals surface area (Å²) in [5.74, 6) is 0.512. The molecule has 4 atom stereocenters. The maximum atomic E-state index is 12.4. The first-order valence-corrected chi connectivity index (χ1v) is 10.1. The summed E-state index contributed by atoms with van der Waals surface area (Å²) >= 11 is 0. The lowest BCUT2D eigenvalue weighted by atomic mass is 9.81. The molecule has 1 aromatic rings. The average molecular weight is 345 g/mol. The van der Waals surface area contributed by atoms with Gasteiger partial charge in [-0.3, -0.25) is 0 Å². The lowest BCUT2D eigenvalue weighted by Gasteiger charge is -2.45. The molecular weight excluding hydrogens is 310 g/mol. The molecule has 0 spiro atoms. The Labute approximate surface area is 152 Å². The van der Waals surface area contributed by atoms with Crippen molar-refractivity contribution in [3.63, 3.8) is 0 Å². The molecule has 2 aliphatic rings. The van der Waals surface area contributed by atoms with E-state index in [1.54, 1.807) is 4.90 Å². The van der Waals surface area contributed by atoms with Crippen molar-refractivity contribution in [2.24, 2.45) is 0 Å². The standard InChI is InChI=1S/C21H33N3O/c1-4-12-24-19-6-5-7-20(24)14-18(13-19)23-21(25)22-17-10-8-16(9-11-17)15(2)3/h8-11,15,18-20H,4-7,12-14H2,1-3H3,(H2,22,23,25)/p+1/t18?,19-,20+. The number of quaternary nitrogens is 1. The third kappa shape index (κ3) is 4.55. The van der Waals surface area contributed by atoms with Crippen LogP contribution >= 0.6 is 0 Å². The van der Waals surface area contributed by atoms with Gasteiger partial charge < -0.3 is 15.5 Å². The summed E-state index contributed by atoms with van der Waals surface area (Å²) in [6.45, 7) is 7.93. The zero-order valence-corrected chi connectivity index (χ0v) is 16.0. The van der Waals surface area contributed by atoms with Crippen molar-refractivity contribution in [2.75, 3.05) is 11.9 Å². The van der Waals surface area contributed by atoms with E-state index < -0.39 is 0 Å². The first kappa shape index (κ1) is 18.2. The van der Waals surface area contributed by atoms with Crippen LogP contribution in [0.1, 0.15) is 70.8 Å². The molecule has 2 aliphatic heterocycles. The molecule has 3 N–H and O–H groups in total. The van der Waals surface area contributed by atoms with Gasteiger partial charge in [0.25, 0.3) is 0 Å². The number of benzene rings is 1. The van der Waals surface area contributed by atoms with Crippen LogP contribution in [0.2, 0.25) is 0 Å². The van der Waals surface area contributed by atoms with Gasteiger partial charge in [0.1, 0.15) is 0 Å². The van der Waals surface area contributed by atoms with Gasteiger partial charge in [0.2, 0.25) is 0 Å². The van der Waals surface area contributed by atoms with Gasteiger partial charge in [0, 0.05) is 24.6 Å². The molecule has 2 heterocycles. The second-order valence-corrected chi connectivity index (χ2v) is 8.19. The van der Waals surface area contributed by atoms with Crippen molar-refractivity contribution in [1.82, 2.24) is 5.32 Å². The van der Waals surface area contributed by atoms with E-state index in [9.17, 15) is 4.79 Å². The lowest BCUT2D eigenvalue weighted by molar-refractivity contribution is -0.961. The molecule has 0 aliphatic carbocycles.